The number of non-ortho nitro benzene ring substituents is 1. The van der Waals surface area contributed by atoms with Crippen molar-refractivity contribution in [3.63, 3.8) is 0 Å². The first kappa shape index (κ1) is 21.8. The minimum atomic E-state index is -0.819. The van der Waals surface area contributed by atoms with Crippen molar-refractivity contribution in [1.82, 2.24) is 5.32 Å². The van der Waals surface area contributed by atoms with Gasteiger partial charge in [-0.3, -0.25) is 14.9 Å². The molecule has 9 nitrogen and oxygen atoms in total. The van der Waals surface area contributed by atoms with Crippen LogP contribution in [0, 0.1) is 10.1 Å². The van der Waals surface area contributed by atoms with Gasteiger partial charge in [0.15, 0.2) is 0 Å². The molecule has 154 valence electrons. The lowest BCUT2D eigenvalue weighted by Gasteiger charge is -2.18. The number of nitro benzene ring substituents is 1. The molecule has 0 aliphatic heterocycles. The highest BCUT2D eigenvalue weighted by Crippen LogP contribution is 2.16. The van der Waals surface area contributed by atoms with Gasteiger partial charge in [-0.15, -0.1) is 0 Å². The number of hydrogen-bond acceptors (Lipinski definition) is 6. The second kappa shape index (κ2) is 11.4. The van der Waals surface area contributed by atoms with Gasteiger partial charge in [0.1, 0.15) is 12.6 Å². The quantitative estimate of drug-likeness (QED) is 0.319. The fraction of sp³-hybridized carbons (Fsp3) is 0.300. The normalized spacial score (nSPS) is 11.3. The first-order valence-electron chi connectivity index (χ1n) is 9.22. The molecule has 0 fully saturated rings. The minimum absolute atomic E-state index is 0.0786. The van der Waals surface area contributed by atoms with Gasteiger partial charge in [-0.1, -0.05) is 30.3 Å². The van der Waals surface area contributed by atoms with Gasteiger partial charge in [0.05, 0.1) is 4.92 Å². The number of nitrogens with one attached hydrogen (secondary N) is 2. The number of carbonyl (C=O) groups excluding carboxylic acids is 2. The van der Waals surface area contributed by atoms with Crippen LogP contribution in [0.4, 0.5) is 16.2 Å². The van der Waals surface area contributed by atoms with Crippen molar-refractivity contribution in [3.8, 4) is 0 Å². The molecular formula is C20H24N4O5. The molecule has 0 aliphatic carbocycles. The van der Waals surface area contributed by atoms with E-state index in [1.165, 1.54) is 24.3 Å². The fourth-order valence-electron chi connectivity index (χ4n) is 2.56. The summed E-state index contributed by atoms with van der Waals surface area (Å²) in [5, 5.41) is 15.9. The predicted molar refractivity (Wildman–Crippen MR) is 108 cm³/mol. The predicted octanol–water partition coefficient (Wildman–Crippen LogP) is 2.96. The smallest absolute Gasteiger partial charge is 0.408 e. The molecule has 2 aromatic carbocycles. The molecule has 0 aliphatic rings. The molecule has 2 aromatic rings. The Morgan fingerprint density at radius 1 is 1.07 bits per heavy atom. The third-order valence-electron chi connectivity index (χ3n) is 4.11. The average molecular weight is 400 g/mol. The lowest BCUT2D eigenvalue weighted by molar-refractivity contribution is -0.384. The number of unbranched alkanes of at least 4 members (excludes halogenated alkanes) is 1. The summed E-state index contributed by atoms with van der Waals surface area (Å²) in [6.45, 7) is 0.571. The van der Waals surface area contributed by atoms with E-state index in [0.717, 1.165) is 5.56 Å². The first-order valence-corrected chi connectivity index (χ1v) is 9.22. The summed E-state index contributed by atoms with van der Waals surface area (Å²) >= 11 is 0. The number of carbonyl (C=O) groups is 2. The van der Waals surface area contributed by atoms with Gasteiger partial charge in [0, 0.05) is 17.8 Å². The number of nitrogens with two attached hydrogens (primary N) is 1. The van der Waals surface area contributed by atoms with E-state index in [4.69, 9.17) is 10.5 Å². The molecule has 2 amide bonds. The molecule has 9 heteroatoms. The summed E-state index contributed by atoms with van der Waals surface area (Å²) in [7, 11) is 0. The van der Waals surface area contributed by atoms with Gasteiger partial charge < -0.3 is 21.1 Å². The van der Waals surface area contributed by atoms with Crippen LogP contribution in [0.15, 0.2) is 54.6 Å². The maximum absolute atomic E-state index is 12.6. The van der Waals surface area contributed by atoms with Crippen molar-refractivity contribution >= 4 is 23.4 Å². The van der Waals surface area contributed by atoms with Crippen LogP contribution in [0.1, 0.15) is 24.8 Å². The Bertz CT molecular complexity index is 811. The van der Waals surface area contributed by atoms with Crippen molar-refractivity contribution < 1.29 is 19.2 Å². The van der Waals surface area contributed by atoms with Crippen LogP contribution in [0.25, 0.3) is 0 Å². The number of benzene rings is 2. The Morgan fingerprint density at radius 2 is 1.76 bits per heavy atom. The summed E-state index contributed by atoms with van der Waals surface area (Å²) in [5.41, 5.74) is 6.64. The average Bonchev–Trinajstić information content (AvgIpc) is 2.72. The zero-order valence-corrected chi connectivity index (χ0v) is 15.9. The molecular weight excluding hydrogens is 376 g/mol. The molecule has 1 atom stereocenters. The van der Waals surface area contributed by atoms with Crippen molar-refractivity contribution in [2.45, 2.75) is 31.9 Å². The lowest BCUT2D eigenvalue weighted by atomic mass is 10.1. The number of hydrogen-bond donors (Lipinski definition) is 3. The second-order valence-electron chi connectivity index (χ2n) is 6.34. The van der Waals surface area contributed by atoms with Crippen LogP contribution in [0.3, 0.4) is 0 Å². The fourth-order valence-corrected chi connectivity index (χ4v) is 2.56. The van der Waals surface area contributed by atoms with Crippen LogP contribution < -0.4 is 16.4 Å². The van der Waals surface area contributed by atoms with Gasteiger partial charge in [0.2, 0.25) is 5.91 Å². The van der Waals surface area contributed by atoms with Crippen molar-refractivity contribution in [2.75, 3.05) is 11.9 Å². The molecule has 0 saturated heterocycles. The summed E-state index contributed by atoms with van der Waals surface area (Å²) in [5.74, 6) is -0.437. The van der Waals surface area contributed by atoms with E-state index in [0.29, 0.717) is 31.5 Å². The van der Waals surface area contributed by atoms with Gasteiger partial charge in [-0.2, -0.15) is 0 Å². The maximum atomic E-state index is 12.6. The minimum Gasteiger partial charge on any atom is -0.445 e. The summed E-state index contributed by atoms with van der Waals surface area (Å²) in [6.07, 6.45) is 1.04. The number of ether oxygens (including phenoxy) is 1. The van der Waals surface area contributed by atoms with E-state index in [1.807, 2.05) is 30.3 Å². The molecule has 0 radical (unpaired) electrons. The number of amides is 2. The number of nitro groups is 1. The number of nitrogens with zero attached hydrogens (tertiary/aromatic N) is 1. The Hall–Kier alpha value is -3.46. The van der Waals surface area contributed by atoms with E-state index in [9.17, 15) is 19.7 Å². The van der Waals surface area contributed by atoms with Gasteiger partial charge >= 0.3 is 6.09 Å². The van der Waals surface area contributed by atoms with E-state index < -0.39 is 23.0 Å². The Labute approximate surface area is 168 Å². The third-order valence-corrected chi connectivity index (χ3v) is 4.11. The molecule has 0 aromatic heterocycles. The lowest BCUT2D eigenvalue weighted by Crippen LogP contribution is -2.44. The zero-order chi connectivity index (χ0) is 21.1. The highest BCUT2D eigenvalue weighted by atomic mass is 16.6. The van der Waals surface area contributed by atoms with E-state index >= 15 is 0 Å². The van der Waals surface area contributed by atoms with E-state index in [2.05, 4.69) is 10.6 Å². The summed E-state index contributed by atoms with van der Waals surface area (Å²) in [4.78, 5) is 34.9. The van der Waals surface area contributed by atoms with Crippen molar-refractivity contribution in [1.29, 1.82) is 0 Å². The van der Waals surface area contributed by atoms with Crippen molar-refractivity contribution in [2.24, 2.45) is 5.73 Å². The largest absolute Gasteiger partial charge is 0.445 e. The maximum Gasteiger partial charge on any atom is 0.408 e. The monoisotopic (exact) mass is 400 g/mol. The van der Waals surface area contributed by atoms with Gasteiger partial charge in [0.25, 0.3) is 5.69 Å². The van der Waals surface area contributed by atoms with Crippen molar-refractivity contribution in [3.05, 3.63) is 70.3 Å². The van der Waals surface area contributed by atoms with Crippen LogP contribution in [0.2, 0.25) is 0 Å². The molecule has 0 saturated carbocycles. The van der Waals surface area contributed by atoms with Crippen LogP contribution >= 0.6 is 0 Å². The SMILES string of the molecule is NCCCC[C@H](NC(=O)OCc1ccccc1)C(=O)Nc1ccc([N+](=O)[O-])cc1. The van der Waals surface area contributed by atoms with Crippen LogP contribution in [-0.4, -0.2) is 29.5 Å². The molecule has 0 unspecified atom stereocenters. The molecule has 4 N–H and O–H groups in total. The van der Waals surface area contributed by atoms with Gasteiger partial charge in [-0.25, -0.2) is 4.79 Å². The topological polar surface area (TPSA) is 137 Å². The molecule has 29 heavy (non-hydrogen) atoms. The van der Waals surface area contributed by atoms with Crippen LogP contribution in [-0.2, 0) is 16.1 Å². The number of rotatable bonds is 10. The van der Waals surface area contributed by atoms with Gasteiger partial charge in [-0.05, 0) is 43.5 Å². The second-order valence-corrected chi connectivity index (χ2v) is 6.34. The molecule has 0 spiro atoms. The first-order chi connectivity index (χ1) is 14.0. The summed E-state index contributed by atoms with van der Waals surface area (Å²) < 4.78 is 5.18. The Balaban J connectivity index is 1.95. The van der Waals surface area contributed by atoms with E-state index in [-0.39, 0.29) is 12.3 Å². The number of anilines is 1. The third kappa shape index (κ3) is 7.59. The Morgan fingerprint density at radius 3 is 2.38 bits per heavy atom. The summed E-state index contributed by atoms with van der Waals surface area (Å²) in [6, 6.07) is 13.8. The highest BCUT2D eigenvalue weighted by molar-refractivity contribution is 5.96. The molecule has 0 heterocycles. The molecule has 2 rings (SSSR count). The highest BCUT2D eigenvalue weighted by Gasteiger charge is 2.21. The van der Waals surface area contributed by atoms with E-state index in [1.54, 1.807) is 0 Å². The standard InChI is InChI=1S/C20H24N4O5/c21-13-5-4-8-18(23-20(26)29-14-15-6-2-1-3-7-15)19(25)22-16-9-11-17(12-10-16)24(27)28/h1-3,6-7,9-12,18H,4-5,8,13-14,21H2,(H,22,25)(H,23,26)/t18-/m0/s1. The molecule has 0 bridgehead atoms. The number of alkyl carbamates (subject to hydrolysis) is 1. The van der Waals surface area contributed by atoms with Crippen LogP contribution in [0.5, 0.6) is 0 Å². The zero-order valence-electron chi connectivity index (χ0n) is 15.9. The Kier molecular flexibility index (Phi) is 8.58.